The van der Waals surface area contributed by atoms with Gasteiger partial charge in [0.15, 0.2) is 5.82 Å². The third-order valence-corrected chi connectivity index (χ3v) is 5.05. The molecule has 0 spiro atoms. The van der Waals surface area contributed by atoms with Gasteiger partial charge < -0.3 is 15.4 Å². The fourth-order valence-corrected chi connectivity index (χ4v) is 3.36. The molecular formula is C25H31N5O2. The number of ether oxygens (including phenoxy) is 1. The molecule has 168 valence electrons. The van der Waals surface area contributed by atoms with Crippen LogP contribution in [0.1, 0.15) is 45.4 Å². The van der Waals surface area contributed by atoms with Gasteiger partial charge in [-0.05, 0) is 32.3 Å². The van der Waals surface area contributed by atoms with Gasteiger partial charge in [0, 0.05) is 17.7 Å². The van der Waals surface area contributed by atoms with Crippen LogP contribution >= 0.6 is 0 Å². The largest absolute Gasteiger partial charge is 0.499 e. The Morgan fingerprint density at radius 1 is 1.19 bits per heavy atom. The van der Waals surface area contributed by atoms with Gasteiger partial charge in [-0.3, -0.25) is 4.79 Å². The van der Waals surface area contributed by atoms with E-state index < -0.39 is 0 Å². The van der Waals surface area contributed by atoms with Gasteiger partial charge in [0.2, 0.25) is 12.4 Å². The lowest BCUT2D eigenvalue weighted by atomic mass is 10.1. The average Bonchev–Trinajstić information content (AvgIpc) is 3.05. The van der Waals surface area contributed by atoms with E-state index in [0.29, 0.717) is 31.1 Å². The summed E-state index contributed by atoms with van der Waals surface area (Å²) in [6.45, 7) is 4.63. The fourth-order valence-electron chi connectivity index (χ4n) is 3.36. The molecule has 0 unspecified atom stereocenters. The summed E-state index contributed by atoms with van der Waals surface area (Å²) in [5.74, 6) is 1.81. The van der Waals surface area contributed by atoms with Crippen molar-refractivity contribution in [3.8, 4) is 0 Å². The van der Waals surface area contributed by atoms with Gasteiger partial charge in [-0.15, -0.1) is 5.10 Å². The highest BCUT2D eigenvalue weighted by atomic mass is 16.5. The Morgan fingerprint density at radius 3 is 2.84 bits per heavy atom. The standard InChI is InChI=1S/C25H31N5O2/c1-4-10-21(17-26-22-13-7-5-6-8-14-23(22)32-3)27-25-28-24(29-30(25)18-31)20-12-9-11-19(2)15-16-20/h6-11,13,15-16,18,26H,4-5,12,14,17H2,1-3H3,(H,27,28,29)/b8-6-,13-7?,21-10-,23-22?. The molecule has 0 bridgehead atoms. The van der Waals surface area contributed by atoms with Crippen molar-refractivity contribution < 1.29 is 9.53 Å². The second-order valence-corrected chi connectivity index (χ2v) is 7.49. The molecule has 1 aromatic heterocycles. The van der Waals surface area contributed by atoms with Crippen LogP contribution in [0.5, 0.6) is 0 Å². The van der Waals surface area contributed by atoms with Crippen LogP contribution in [-0.4, -0.2) is 34.8 Å². The van der Waals surface area contributed by atoms with Crippen molar-refractivity contribution in [2.24, 2.45) is 0 Å². The minimum Gasteiger partial charge on any atom is -0.499 e. The van der Waals surface area contributed by atoms with Gasteiger partial charge in [0.1, 0.15) is 5.76 Å². The first kappa shape index (κ1) is 23.1. The Labute approximate surface area is 189 Å². The predicted molar refractivity (Wildman–Crippen MR) is 129 cm³/mol. The molecule has 0 fully saturated rings. The van der Waals surface area contributed by atoms with Crippen molar-refractivity contribution in [1.29, 1.82) is 0 Å². The molecule has 0 radical (unpaired) electrons. The van der Waals surface area contributed by atoms with Crippen molar-refractivity contribution >= 4 is 17.9 Å². The second-order valence-electron chi connectivity index (χ2n) is 7.49. The Bertz CT molecular complexity index is 1030. The molecule has 0 saturated heterocycles. The quantitative estimate of drug-likeness (QED) is 0.435. The summed E-state index contributed by atoms with van der Waals surface area (Å²) >= 11 is 0. The fraction of sp³-hybridized carbons (Fsp3) is 0.320. The smallest absolute Gasteiger partial charge is 0.237 e. The van der Waals surface area contributed by atoms with E-state index >= 15 is 0 Å². The zero-order valence-corrected chi connectivity index (χ0v) is 19.0. The Balaban J connectivity index is 1.78. The zero-order chi connectivity index (χ0) is 22.8. The molecule has 1 aromatic rings. The topological polar surface area (TPSA) is 81.1 Å². The Morgan fingerprint density at radius 2 is 2.06 bits per heavy atom. The second kappa shape index (κ2) is 11.7. The van der Waals surface area contributed by atoms with Gasteiger partial charge >= 0.3 is 0 Å². The number of hydrogen-bond acceptors (Lipinski definition) is 6. The summed E-state index contributed by atoms with van der Waals surface area (Å²) in [5.41, 5.74) is 3.96. The van der Waals surface area contributed by atoms with Gasteiger partial charge in [0.25, 0.3) is 0 Å². The predicted octanol–water partition coefficient (Wildman–Crippen LogP) is 4.67. The average molecular weight is 434 g/mol. The van der Waals surface area contributed by atoms with Gasteiger partial charge in [-0.2, -0.15) is 9.67 Å². The lowest BCUT2D eigenvalue weighted by molar-refractivity contribution is 0.278. The number of anilines is 1. The summed E-state index contributed by atoms with van der Waals surface area (Å²) in [4.78, 5) is 16.2. The molecule has 0 saturated carbocycles. The minimum absolute atomic E-state index is 0.392. The highest BCUT2D eigenvalue weighted by molar-refractivity contribution is 5.68. The molecule has 0 aliphatic heterocycles. The third kappa shape index (κ3) is 6.20. The number of aromatic nitrogens is 3. The molecule has 3 rings (SSSR count). The van der Waals surface area contributed by atoms with Crippen molar-refractivity contribution in [1.82, 2.24) is 20.1 Å². The first-order valence-corrected chi connectivity index (χ1v) is 10.9. The number of nitrogens with one attached hydrogen (secondary N) is 2. The maximum Gasteiger partial charge on any atom is 0.237 e. The molecule has 2 N–H and O–H groups in total. The molecular weight excluding hydrogens is 402 g/mol. The van der Waals surface area contributed by atoms with Gasteiger partial charge in [-0.1, -0.05) is 61.1 Å². The molecule has 0 atom stereocenters. The number of carbonyl (C=O) groups excluding carboxylic acids is 1. The molecule has 7 nitrogen and oxygen atoms in total. The lowest BCUT2D eigenvalue weighted by Gasteiger charge is -2.16. The lowest BCUT2D eigenvalue weighted by Crippen LogP contribution is -2.22. The summed E-state index contributed by atoms with van der Waals surface area (Å²) in [7, 11) is 1.68. The molecule has 2 aliphatic rings. The first-order valence-electron chi connectivity index (χ1n) is 10.9. The number of nitrogens with zero attached hydrogens (tertiary/aromatic N) is 3. The minimum atomic E-state index is 0.392. The van der Waals surface area contributed by atoms with Crippen molar-refractivity contribution in [3.05, 3.63) is 83.2 Å². The van der Waals surface area contributed by atoms with E-state index in [2.05, 4.69) is 64.1 Å². The maximum atomic E-state index is 11.6. The van der Waals surface area contributed by atoms with E-state index in [0.717, 1.165) is 47.6 Å². The monoisotopic (exact) mass is 433 g/mol. The summed E-state index contributed by atoms with van der Waals surface area (Å²) < 4.78 is 6.80. The highest BCUT2D eigenvalue weighted by Crippen LogP contribution is 2.21. The highest BCUT2D eigenvalue weighted by Gasteiger charge is 2.15. The van der Waals surface area contributed by atoms with Crippen LogP contribution < -0.4 is 10.6 Å². The van der Waals surface area contributed by atoms with Crippen LogP contribution in [0.15, 0.2) is 77.4 Å². The van der Waals surface area contributed by atoms with Crippen LogP contribution in [0.4, 0.5) is 5.95 Å². The number of carbonyl (C=O) groups is 1. The number of methoxy groups -OCH3 is 1. The van der Waals surface area contributed by atoms with Crippen molar-refractivity contribution in [3.63, 3.8) is 0 Å². The molecule has 2 aliphatic carbocycles. The van der Waals surface area contributed by atoms with Crippen LogP contribution in [0, 0.1) is 0 Å². The van der Waals surface area contributed by atoms with E-state index in [1.807, 2.05) is 25.2 Å². The van der Waals surface area contributed by atoms with E-state index in [1.54, 1.807) is 7.11 Å². The van der Waals surface area contributed by atoms with E-state index in [1.165, 1.54) is 4.68 Å². The van der Waals surface area contributed by atoms with Gasteiger partial charge in [0.05, 0.1) is 19.4 Å². The summed E-state index contributed by atoms with van der Waals surface area (Å²) in [6, 6.07) is 0. The summed E-state index contributed by atoms with van der Waals surface area (Å²) in [5, 5.41) is 11.1. The van der Waals surface area contributed by atoms with E-state index in [-0.39, 0.29) is 0 Å². The SMILES string of the molecule is CC/C=C(/CNC1=C(OC)C/C=C\CC=C1)Nc1nc(C2=CC=C(C)C=CC2)nn1C=O. The third-order valence-electron chi connectivity index (χ3n) is 5.05. The van der Waals surface area contributed by atoms with Crippen LogP contribution in [-0.2, 0) is 9.53 Å². The van der Waals surface area contributed by atoms with E-state index in [4.69, 9.17) is 4.74 Å². The zero-order valence-electron chi connectivity index (χ0n) is 19.0. The van der Waals surface area contributed by atoms with Crippen LogP contribution in [0.25, 0.3) is 5.57 Å². The number of allylic oxidation sites excluding steroid dienone is 11. The normalized spacial score (nSPS) is 17.7. The number of rotatable bonds is 9. The summed E-state index contributed by atoms with van der Waals surface area (Å²) in [6.07, 6.45) is 22.4. The van der Waals surface area contributed by atoms with Crippen molar-refractivity contribution in [2.75, 3.05) is 19.0 Å². The molecule has 0 aromatic carbocycles. The molecule has 0 amide bonds. The molecule has 7 heteroatoms. The molecule has 1 heterocycles. The maximum absolute atomic E-state index is 11.6. The number of hydrogen-bond donors (Lipinski definition) is 2. The van der Waals surface area contributed by atoms with Crippen LogP contribution in [0.2, 0.25) is 0 Å². The first-order chi connectivity index (χ1) is 15.6. The van der Waals surface area contributed by atoms with Crippen LogP contribution in [0.3, 0.4) is 0 Å². The molecule has 32 heavy (non-hydrogen) atoms. The van der Waals surface area contributed by atoms with E-state index in [9.17, 15) is 4.79 Å². The van der Waals surface area contributed by atoms with Crippen molar-refractivity contribution in [2.45, 2.75) is 39.5 Å². The van der Waals surface area contributed by atoms with Gasteiger partial charge in [-0.25, -0.2) is 0 Å². The Kier molecular flexibility index (Phi) is 8.43. The Hall–Kier alpha value is -3.61.